The lowest BCUT2D eigenvalue weighted by molar-refractivity contribution is 0.0930. The van der Waals surface area contributed by atoms with Gasteiger partial charge >= 0.3 is 0 Å². The minimum absolute atomic E-state index is 0.152. The van der Waals surface area contributed by atoms with Crippen LogP contribution >= 0.6 is 0 Å². The van der Waals surface area contributed by atoms with E-state index in [0.29, 0.717) is 29.2 Å². The molecule has 2 aromatic heterocycles. The van der Waals surface area contributed by atoms with Crippen molar-refractivity contribution in [3.8, 4) is 17.0 Å². The van der Waals surface area contributed by atoms with E-state index in [1.807, 2.05) is 25.1 Å². The number of benzene rings is 2. The largest absolute Gasteiger partial charge is 0.508 e. The van der Waals surface area contributed by atoms with E-state index in [0.717, 1.165) is 55.5 Å². The zero-order chi connectivity index (χ0) is 23.5. The van der Waals surface area contributed by atoms with Gasteiger partial charge in [0.1, 0.15) is 5.75 Å². The molecule has 6 nitrogen and oxygen atoms in total. The molecule has 5 rings (SSSR count). The van der Waals surface area contributed by atoms with E-state index < -0.39 is 0 Å². The SMILES string of the molecule is Cc1[nH]nc2nc(-c3ccc(O)cc3)cc(C(=O)CC3CCN(CCc4ccccc4)CC3)c12. The van der Waals surface area contributed by atoms with Gasteiger partial charge < -0.3 is 10.0 Å². The summed E-state index contributed by atoms with van der Waals surface area (Å²) in [7, 11) is 0. The molecule has 0 unspecified atom stereocenters. The second-order valence-electron chi connectivity index (χ2n) is 9.30. The molecule has 1 aliphatic heterocycles. The molecule has 0 amide bonds. The molecule has 3 heterocycles. The highest BCUT2D eigenvalue weighted by molar-refractivity contribution is 6.08. The Balaban J connectivity index is 1.27. The molecule has 0 saturated carbocycles. The van der Waals surface area contributed by atoms with E-state index in [1.54, 1.807) is 12.1 Å². The van der Waals surface area contributed by atoms with Crippen LogP contribution in [0.5, 0.6) is 5.75 Å². The molecule has 1 aliphatic rings. The van der Waals surface area contributed by atoms with Crippen molar-refractivity contribution >= 4 is 16.8 Å². The van der Waals surface area contributed by atoms with E-state index in [1.165, 1.54) is 5.56 Å². The van der Waals surface area contributed by atoms with Crippen molar-refractivity contribution < 1.29 is 9.90 Å². The Bertz CT molecular complexity index is 1270. The number of nitrogens with one attached hydrogen (secondary N) is 1. The predicted molar refractivity (Wildman–Crippen MR) is 134 cm³/mol. The zero-order valence-electron chi connectivity index (χ0n) is 19.5. The van der Waals surface area contributed by atoms with Gasteiger partial charge in [0, 0.05) is 29.8 Å². The summed E-state index contributed by atoms with van der Waals surface area (Å²) in [5.74, 6) is 0.750. The highest BCUT2D eigenvalue weighted by Crippen LogP contribution is 2.30. The summed E-state index contributed by atoms with van der Waals surface area (Å²) in [5, 5.41) is 17.7. The third kappa shape index (κ3) is 4.87. The summed E-state index contributed by atoms with van der Waals surface area (Å²) in [6.45, 7) is 5.08. The number of aryl methyl sites for hydroxylation is 1. The molecule has 174 valence electrons. The maximum Gasteiger partial charge on any atom is 0.182 e. The Morgan fingerprint density at radius 1 is 1.09 bits per heavy atom. The van der Waals surface area contributed by atoms with Crippen molar-refractivity contribution in [2.75, 3.05) is 19.6 Å². The van der Waals surface area contributed by atoms with Gasteiger partial charge in [-0.15, -0.1) is 0 Å². The van der Waals surface area contributed by atoms with Crippen LogP contribution in [0.25, 0.3) is 22.3 Å². The van der Waals surface area contributed by atoms with Crippen LogP contribution in [-0.4, -0.2) is 50.6 Å². The second kappa shape index (κ2) is 9.77. The van der Waals surface area contributed by atoms with Crippen molar-refractivity contribution in [1.82, 2.24) is 20.1 Å². The summed E-state index contributed by atoms with van der Waals surface area (Å²) >= 11 is 0. The number of fused-ring (bicyclic) bond motifs is 1. The number of aromatic nitrogens is 3. The fourth-order valence-electron chi connectivity index (χ4n) is 4.89. The number of pyridine rings is 1. The van der Waals surface area contributed by atoms with Crippen LogP contribution in [0.2, 0.25) is 0 Å². The number of hydrogen-bond acceptors (Lipinski definition) is 5. The molecule has 1 saturated heterocycles. The minimum atomic E-state index is 0.152. The molecule has 0 spiro atoms. The summed E-state index contributed by atoms with van der Waals surface area (Å²) in [6, 6.07) is 19.4. The summed E-state index contributed by atoms with van der Waals surface area (Å²) in [5.41, 5.74) is 5.02. The van der Waals surface area contributed by atoms with Crippen molar-refractivity contribution in [2.45, 2.75) is 32.6 Å². The van der Waals surface area contributed by atoms with E-state index >= 15 is 0 Å². The average Bonchev–Trinajstić information content (AvgIpc) is 3.24. The Morgan fingerprint density at radius 2 is 1.82 bits per heavy atom. The second-order valence-corrected chi connectivity index (χ2v) is 9.30. The molecule has 0 radical (unpaired) electrons. The third-order valence-corrected chi connectivity index (χ3v) is 6.91. The van der Waals surface area contributed by atoms with Gasteiger partial charge in [-0.3, -0.25) is 9.89 Å². The number of hydrogen-bond donors (Lipinski definition) is 2. The van der Waals surface area contributed by atoms with Gasteiger partial charge in [-0.25, -0.2) is 4.98 Å². The van der Waals surface area contributed by atoms with Crippen LogP contribution in [0.3, 0.4) is 0 Å². The number of ketones is 1. The molecule has 0 aliphatic carbocycles. The Kier molecular flexibility index (Phi) is 6.41. The van der Waals surface area contributed by atoms with Gasteiger partial charge in [0.15, 0.2) is 11.4 Å². The first kappa shape index (κ1) is 22.3. The van der Waals surface area contributed by atoms with Gasteiger partial charge in [0.2, 0.25) is 0 Å². The Labute approximate surface area is 199 Å². The summed E-state index contributed by atoms with van der Waals surface area (Å²) < 4.78 is 0. The maximum absolute atomic E-state index is 13.5. The van der Waals surface area contributed by atoms with Gasteiger partial charge in [-0.1, -0.05) is 30.3 Å². The highest BCUT2D eigenvalue weighted by Gasteiger charge is 2.24. The fraction of sp³-hybridized carbons (Fsp3) is 0.321. The molecule has 2 N–H and O–H groups in total. The number of aromatic amines is 1. The first-order valence-electron chi connectivity index (χ1n) is 12.0. The van der Waals surface area contributed by atoms with Crippen LogP contribution in [0, 0.1) is 12.8 Å². The summed E-state index contributed by atoms with van der Waals surface area (Å²) in [6.07, 6.45) is 3.71. The summed E-state index contributed by atoms with van der Waals surface area (Å²) in [4.78, 5) is 20.7. The number of nitrogens with zero attached hydrogens (tertiary/aromatic N) is 3. The zero-order valence-corrected chi connectivity index (χ0v) is 19.5. The number of aromatic hydroxyl groups is 1. The van der Waals surface area contributed by atoms with Crippen LogP contribution in [0.15, 0.2) is 60.7 Å². The van der Waals surface area contributed by atoms with Crippen molar-refractivity contribution in [1.29, 1.82) is 0 Å². The molecule has 6 heteroatoms. The van der Waals surface area contributed by atoms with E-state index in [-0.39, 0.29) is 11.5 Å². The molecular formula is C28H30N4O2. The molecule has 0 atom stereocenters. The van der Waals surface area contributed by atoms with E-state index in [9.17, 15) is 9.90 Å². The number of likely N-dealkylation sites (tertiary alicyclic amines) is 1. The molecule has 0 bridgehead atoms. The van der Waals surface area contributed by atoms with E-state index in [2.05, 4.69) is 50.4 Å². The molecule has 2 aromatic carbocycles. The average molecular weight is 455 g/mol. The van der Waals surface area contributed by atoms with Crippen molar-refractivity contribution in [2.24, 2.45) is 5.92 Å². The van der Waals surface area contributed by atoms with Crippen molar-refractivity contribution in [3.63, 3.8) is 0 Å². The fourth-order valence-corrected chi connectivity index (χ4v) is 4.89. The quantitative estimate of drug-likeness (QED) is 0.377. The molecule has 4 aromatic rings. The topological polar surface area (TPSA) is 82.1 Å². The van der Waals surface area contributed by atoms with Crippen molar-refractivity contribution in [3.05, 3.63) is 77.5 Å². The van der Waals surface area contributed by atoms with Crippen LogP contribution < -0.4 is 0 Å². The molecule has 34 heavy (non-hydrogen) atoms. The van der Waals surface area contributed by atoms with Gasteiger partial charge in [-0.2, -0.15) is 5.10 Å². The van der Waals surface area contributed by atoms with Gasteiger partial charge in [-0.05, 0) is 81.1 Å². The Morgan fingerprint density at radius 3 is 2.56 bits per heavy atom. The lowest BCUT2D eigenvalue weighted by Gasteiger charge is -2.31. The van der Waals surface area contributed by atoms with Gasteiger partial charge in [0.05, 0.1) is 11.1 Å². The number of piperidine rings is 1. The highest BCUT2D eigenvalue weighted by atomic mass is 16.3. The monoisotopic (exact) mass is 454 g/mol. The number of carbonyl (C=O) groups is 1. The number of carbonyl (C=O) groups excluding carboxylic acids is 1. The predicted octanol–water partition coefficient (Wildman–Crippen LogP) is 5.17. The number of phenolic OH excluding ortho intramolecular Hbond substituents is 1. The first-order chi connectivity index (χ1) is 16.6. The van der Waals surface area contributed by atoms with Gasteiger partial charge in [0.25, 0.3) is 0 Å². The van der Waals surface area contributed by atoms with Crippen LogP contribution in [0.1, 0.15) is 40.9 Å². The normalized spacial score (nSPS) is 15.1. The number of Topliss-reactive ketones (excluding diaryl/α,β-unsaturated/α-hetero) is 1. The smallest absolute Gasteiger partial charge is 0.182 e. The van der Waals surface area contributed by atoms with Crippen LogP contribution in [-0.2, 0) is 6.42 Å². The minimum Gasteiger partial charge on any atom is -0.508 e. The standard InChI is InChI=1S/C28H30N4O2/c1-19-27-24(18-25(29-28(27)31-30-19)22-7-9-23(33)10-8-22)26(34)17-21-12-15-32(16-13-21)14-11-20-5-3-2-4-6-20/h2-10,18,21,33H,11-17H2,1H3,(H,29,30,31). The lowest BCUT2D eigenvalue weighted by atomic mass is 9.88. The number of rotatable bonds is 7. The molecular weight excluding hydrogens is 424 g/mol. The van der Waals surface area contributed by atoms with E-state index in [4.69, 9.17) is 0 Å². The lowest BCUT2D eigenvalue weighted by Crippen LogP contribution is -2.35. The third-order valence-electron chi connectivity index (χ3n) is 6.91. The number of H-pyrrole nitrogens is 1. The number of phenols is 1. The maximum atomic E-state index is 13.5. The Hall–Kier alpha value is -3.51. The molecule has 1 fully saturated rings. The first-order valence-corrected chi connectivity index (χ1v) is 12.0. The van der Waals surface area contributed by atoms with Crippen LogP contribution in [0.4, 0.5) is 0 Å².